The van der Waals surface area contributed by atoms with E-state index in [1.165, 1.54) is 0 Å². The van der Waals surface area contributed by atoms with Gasteiger partial charge in [-0.15, -0.1) is 0 Å². The normalized spacial score (nSPS) is 17.2. The molecule has 1 heterocycles. The van der Waals surface area contributed by atoms with Gasteiger partial charge in [0.1, 0.15) is 27.7 Å². The number of amides is 2. The van der Waals surface area contributed by atoms with E-state index in [1.54, 1.807) is 6.92 Å². The van der Waals surface area contributed by atoms with Crippen LogP contribution in [0.25, 0.3) is 0 Å². The maximum Gasteiger partial charge on any atom is 0.287 e. The van der Waals surface area contributed by atoms with E-state index in [2.05, 4.69) is 18.3 Å². The third kappa shape index (κ3) is 6.17. The molecule has 1 atom stereocenters. The molecule has 7 heteroatoms. The molecule has 1 fully saturated rings. The lowest BCUT2D eigenvalue weighted by Crippen LogP contribution is -2.31. The van der Waals surface area contributed by atoms with Crippen molar-refractivity contribution in [1.29, 1.82) is 0 Å². The van der Waals surface area contributed by atoms with E-state index in [0.717, 1.165) is 53.0 Å². The quantitative estimate of drug-likeness (QED) is 0.310. The van der Waals surface area contributed by atoms with E-state index < -0.39 is 4.75 Å². The highest BCUT2D eigenvalue weighted by molar-refractivity contribution is 8.15. The molecule has 1 unspecified atom stereocenters. The molecule has 0 aliphatic carbocycles. The van der Waals surface area contributed by atoms with Crippen LogP contribution in [0.2, 0.25) is 0 Å². The number of para-hydroxylation sites is 1. The highest BCUT2D eigenvalue weighted by Gasteiger charge is 2.45. The third-order valence-corrected chi connectivity index (χ3v) is 6.82. The molecular formula is C28H29NO5S. The van der Waals surface area contributed by atoms with Crippen molar-refractivity contribution in [1.82, 2.24) is 5.32 Å². The molecule has 0 bridgehead atoms. The van der Waals surface area contributed by atoms with Crippen LogP contribution < -0.4 is 19.5 Å². The van der Waals surface area contributed by atoms with Crippen molar-refractivity contribution in [3.63, 3.8) is 0 Å². The highest BCUT2D eigenvalue weighted by atomic mass is 32.2. The average molecular weight is 492 g/mol. The van der Waals surface area contributed by atoms with Crippen LogP contribution in [0, 0.1) is 0 Å². The fourth-order valence-corrected chi connectivity index (χ4v) is 4.70. The number of carbonyl (C=O) groups is 2. The van der Waals surface area contributed by atoms with E-state index in [-0.39, 0.29) is 11.1 Å². The predicted octanol–water partition coefficient (Wildman–Crippen LogP) is 6.48. The lowest BCUT2D eigenvalue weighted by atomic mass is 9.99. The van der Waals surface area contributed by atoms with Crippen molar-refractivity contribution in [3.05, 3.63) is 83.9 Å². The Labute approximate surface area is 210 Å². The van der Waals surface area contributed by atoms with Gasteiger partial charge in [-0.2, -0.15) is 0 Å². The standard InChI is InChI=1S/C28H29NO5S/c1-3-8-20-11-14-24(34-23-9-5-4-6-10-23)19-25(20)33-18-7-17-32-22-15-12-21(13-16-22)28(2)26(30)29-27(31)35-28/h4-6,9-16,19H,3,7-8,17-18H2,1-2H3,(H,29,30,31). The lowest BCUT2D eigenvalue weighted by Gasteiger charge is -2.19. The largest absolute Gasteiger partial charge is 0.493 e. The second-order valence-corrected chi connectivity index (χ2v) is 9.78. The zero-order valence-corrected chi connectivity index (χ0v) is 20.7. The molecule has 0 spiro atoms. The summed E-state index contributed by atoms with van der Waals surface area (Å²) in [5.74, 6) is 2.77. The smallest absolute Gasteiger partial charge is 0.287 e. The third-order valence-electron chi connectivity index (χ3n) is 5.70. The Kier molecular flexibility index (Phi) is 7.98. The number of ether oxygens (including phenoxy) is 3. The summed E-state index contributed by atoms with van der Waals surface area (Å²) in [6.07, 6.45) is 2.67. The Morgan fingerprint density at radius 1 is 0.857 bits per heavy atom. The summed E-state index contributed by atoms with van der Waals surface area (Å²) in [6.45, 7) is 4.90. The second-order valence-electron chi connectivity index (χ2n) is 8.39. The first-order chi connectivity index (χ1) is 17.0. The summed E-state index contributed by atoms with van der Waals surface area (Å²) in [5.41, 5.74) is 1.92. The molecular weight excluding hydrogens is 462 g/mol. The van der Waals surface area contributed by atoms with Gasteiger partial charge >= 0.3 is 0 Å². The molecule has 0 radical (unpaired) electrons. The van der Waals surface area contributed by atoms with E-state index in [1.807, 2.05) is 66.7 Å². The molecule has 2 amide bonds. The van der Waals surface area contributed by atoms with Gasteiger partial charge in [-0.3, -0.25) is 14.9 Å². The van der Waals surface area contributed by atoms with Crippen LogP contribution in [-0.2, 0) is 16.0 Å². The van der Waals surface area contributed by atoms with Crippen molar-refractivity contribution >= 4 is 22.9 Å². The Bertz CT molecular complexity index is 1170. The summed E-state index contributed by atoms with van der Waals surface area (Å²) in [7, 11) is 0. The van der Waals surface area contributed by atoms with Gasteiger partial charge < -0.3 is 14.2 Å². The number of carbonyl (C=O) groups excluding carboxylic acids is 2. The maximum atomic E-state index is 12.1. The topological polar surface area (TPSA) is 73.9 Å². The minimum atomic E-state index is -0.904. The number of hydrogen-bond donors (Lipinski definition) is 1. The summed E-state index contributed by atoms with van der Waals surface area (Å²) in [6, 6.07) is 23.0. The molecule has 182 valence electrons. The molecule has 1 N–H and O–H groups in total. The number of rotatable bonds is 11. The molecule has 35 heavy (non-hydrogen) atoms. The Hall–Kier alpha value is -3.45. The number of aryl methyl sites for hydroxylation is 1. The summed E-state index contributed by atoms with van der Waals surface area (Å²) < 4.78 is 17.0. The Morgan fingerprint density at radius 2 is 1.57 bits per heavy atom. The monoisotopic (exact) mass is 491 g/mol. The van der Waals surface area contributed by atoms with Crippen LogP contribution in [0.3, 0.4) is 0 Å². The Balaban J connectivity index is 1.28. The van der Waals surface area contributed by atoms with Gasteiger partial charge in [-0.1, -0.05) is 49.7 Å². The van der Waals surface area contributed by atoms with Crippen LogP contribution in [0.15, 0.2) is 72.8 Å². The van der Waals surface area contributed by atoms with Crippen LogP contribution in [0.1, 0.15) is 37.8 Å². The second kappa shape index (κ2) is 11.3. The maximum absolute atomic E-state index is 12.1. The van der Waals surface area contributed by atoms with Crippen molar-refractivity contribution in [2.45, 2.75) is 37.9 Å². The highest BCUT2D eigenvalue weighted by Crippen LogP contribution is 2.41. The molecule has 6 nitrogen and oxygen atoms in total. The molecule has 0 saturated carbocycles. The minimum absolute atomic E-state index is 0.293. The molecule has 3 aromatic rings. The molecule has 1 saturated heterocycles. The lowest BCUT2D eigenvalue weighted by molar-refractivity contribution is -0.121. The summed E-state index contributed by atoms with van der Waals surface area (Å²) in [5, 5.41) is 2.02. The number of imide groups is 1. The van der Waals surface area contributed by atoms with E-state index in [9.17, 15) is 9.59 Å². The van der Waals surface area contributed by atoms with Crippen LogP contribution in [-0.4, -0.2) is 24.4 Å². The van der Waals surface area contributed by atoms with Crippen molar-refractivity contribution in [2.75, 3.05) is 13.2 Å². The van der Waals surface area contributed by atoms with Crippen molar-refractivity contribution in [3.8, 4) is 23.0 Å². The summed E-state index contributed by atoms with van der Waals surface area (Å²) >= 11 is 0.997. The zero-order valence-electron chi connectivity index (χ0n) is 19.9. The molecule has 0 aromatic heterocycles. The van der Waals surface area contributed by atoms with Crippen LogP contribution in [0.4, 0.5) is 4.79 Å². The van der Waals surface area contributed by atoms with Crippen LogP contribution >= 0.6 is 11.8 Å². The van der Waals surface area contributed by atoms with E-state index in [4.69, 9.17) is 14.2 Å². The van der Waals surface area contributed by atoms with Gasteiger partial charge in [0, 0.05) is 12.5 Å². The number of nitrogens with one attached hydrogen (secondary N) is 1. The molecule has 4 rings (SSSR count). The molecule has 3 aromatic carbocycles. The van der Waals surface area contributed by atoms with Gasteiger partial charge in [-0.25, -0.2) is 0 Å². The van der Waals surface area contributed by atoms with Crippen molar-refractivity contribution < 1.29 is 23.8 Å². The van der Waals surface area contributed by atoms with E-state index in [0.29, 0.717) is 25.4 Å². The fraction of sp³-hybridized carbons (Fsp3) is 0.286. The number of thioether (sulfide) groups is 1. The van der Waals surface area contributed by atoms with Gasteiger partial charge in [-0.05, 0) is 66.6 Å². The first-order valence-electron chi connectivity index (χ1n) is 11.7. The first-order valence-corrected chi connectivity index (χ1v) is 12.6. The molecule has 1 aliphatic heterocycles. The van der Waals surface area contributed by atoms with Crippen molar-refractivity contribution in [2.24, 2.45) is 0 Å². The number of hydrogen-bond acceptors (Lipinski definition) is 6. The van der Waals surface area contributed by atoms with Gasteiger partial charge in [0.25, 0.3) is 5.24 Å². The van der Waals surface area contributed by atoms with Crippen LogP contribution in [0.5, 0.6) is 23.0 Å². The zero-order chi connectivity index (χ0) is 24.7. The van der Waals surface area contributed by atoms with Gasteiger partial charge in [0.15, 0.2) is 0 Å². The minimum Gasteiger partial charge on any atom is -0.493 e. The SMILES string of the molecule is CCCc1ccc(Oc2ccccc2)cc1OCCCOc1ccc(C2(C)SC(=O)NC2=O)cc1. The average Bonchev–Trinajstić information content (AvgIpc) is 3.13. The van der Waals surface area contributed by atoms with Gasteiger partial charge in [0.05, 0.1) is 13.2 Å². The fourth-order valence-electron chi connectivity index (χ4n) is 3.79. The van der Waals surface area contributed by atoms with E-state index >= 15 is 0 Å². The Morgan fingerprint density at radius 3 is 2.26 bits per heavy atom. The number of benzene rings is 3. The molecule has 1 aliphatic rings. The van der Waals surface area contributed by atoms with Gasteiger partial charge in [0.2, 0.25) is 5.91 Å². The predicted molar refractivity (Wildman–Crippen MR) is 137 cm³/mol. The summed E-state index contributed by atoms with van der Waals surface area (Å²) in [4.78, 5) is 23.7. The first kappa shape index (κ1) is 24.7.